The van der Waals surface area contributed by atoms with Crippen LogP contribution in [-0.4, -0.2) is 28.6 Å². The Kier molecular flexibility index (Phi) is 2.40. The van der Waals surface area contributed by atoms with Gasteiger partial charge < -0.3 is 9.72 Å². The number of ether oxygens (including phenoxy) is 1. The number of hydrogen-bond donors (Lipinski definition) is 2. The Morgan fingerprint density at radius 3 is 3.25 bits per heavy atom. The highest BCUT2D eigenvalue weighted by Crippen LogP contribution is 2.29. The van der Waals surface area contributed by atoms with E-state index in [2.05, 4.69) is 15.3 Å². The summed E-state index contributed by atoms with van der Waals surface area (Å²) in [5.74, 6) is 0.481. The van der Waals surface area contributed by atoms with Crippen LogP contribution in [0.1, 0.15) is 24.2 Å². The fourth-order valence-corrected chi connectivity index (χ4v) is 1.92. The second-order valence-corrected chi connectivity index (χ2v) is 4.54. The summed E-state index contributed by atoms with van der Waals surface area (Å²) in [7, 11) is 0. The summed E-state index contributed by atoms with van der Waals surface area (Å²) < 4.78 is 5.26. The average Bonchev–Trinajstić information content (AvgIpc) is 3.01. The molecule has 2 aliphatic rings. The highest BCUT2D eigenvalue weighted by atomic mass is 16.5. The Hall–Kier alpha value is -1.36. The van der Waals surface area contributed by atoms with E-state index in [1.807, 2.05) is 0 Å². The van der Waals surface area contributed by atoms with Crippen molar-refractivity contribution in [3.05, 3.63) is 17.7 Å². The summed E-state index contributed by atoms with van der Waals surface area (Å²) in [6.07, 6.45) is 4.70. The lowest BCUT2D eigenvalue weighted by atomic mass is 10.1. The van der Waals surface area contributed by atoms with E-state index in [9.17, 15) is 4.79 Å². The maximum atomic E-state index is 11.7. The highest BCUT2D eigenvalue weighted by Gasteiger charge is 2.29. The first kappa shape index (κ1) is 9.84. The molecule has 1 aromatic rings. The number of rotatable bonds is 3. The van der Waals surface area contributed by atoms with Gasteiger partial charge in [-0.05, 0) is 18.8 Å². The van der Waals surface area contributed by atoms with Gasteiger partial charge in [-0.3, -0.25) is 10.1 Å². The topological polar surface area (TPSA) is 67.0 Å². The third-order valence-corrected chi connectivity index (χ3v) is 3.17. The molecule has 1 fully saturated rings. The molecule has 86 valence electrons. The minimum Gasteiger partial charge on any atom is -0.464 e. The molecule has 1 aliphatic carbocycles. The Balaban J connectivity index is 1.57. The Morgan fingerprint density at radius 1 is 1.56 bits per heavy atom. The summed E-state index contributed by atoms with van der Waals surface area (Å²) in [4.78, 5) is 19.0. The van der Waals surface area contributed by atoms with Crippen LogP contribution in [0.3, 0.4) is 0 Å². The third kappa shape index (κ3) is 1.95. The molecule has 0 bridgehead atoms. The van der Waals surface area contributed by atoms with Crippen LogP contribution in [0.25, 0.3) is 0 Å². The molecule has 16 heavy (non-hydrogen) atoms. The van der Waals surface area contributed by atoms with Gasteiger partial charge in [-0.15, -0.1) is 0 Å². The van der Waals surface area contributed by atoms with Crippen molar-refractivity contribution >= 4 is 5.97 Å². The SMILES string of the molecule is O=C(OCC1CC1)C1Cc2nc[nH]c2CN1. The number of fused-ring (bicyclic) bond motifs is 1. The molecule has 1 atom stereocenters. The van der Waals surface area contributed by atoms with Gasteiger partial charge in [0.05, 0.1) is 24.3 Å². The van der Waals surface area contributed by atoms with E-state index in [-0.39, 0.29) is 12.0 Å². The number of carbonyl (C=O) groups is 1. The summed E-state index contributed by atoms with van der Waals surface area (Å²) in [6, 6.07) is -0.227. The quantitative estimate of drug-likeness (QED) is 0.724. The van der Waals surface area contributed by atoms with Gasteiger partial charge in [0.15, 0.2) is 0 Å². The normalized spacial score (nSPS) is 23.9. The van der Waals surface area contributed by atoms with Crippen LogP contribution < -0.4 is 5.32 Å². The largest absolute Gasteiger partial charge is 0.464 e. The number of aromatic nitrogens is 2. The Bertz CT molecular complexity index is 398. The fourth-order valence-electron chi connectivity index (χ4n) is 1.92. The predicted molar refractivity (Wildman–Crippen MR) is 56.6 cm³/mol. The molecule has 1 aliphatic heterocycles. The molecule has 3 rings (SSSR count). The Morgan fingerprint density at radius 2 is 2.44 bits per heavy atom. The summed E-state index contributed by atoms with van der Waals surface area (Å²) in [5.41, 5.74) is 2.05. The summed E-state index contributed by atoms with van der Waals surface area (Å²) in [6.45, 7) is 1.25. The van der Waals surface area contributed by atoms with Gasteiger partial charge in [0.1, 0.15) is 6.04 Å². The molecule has 5 heteroatoms. The molecule has 2 N–H and O–H groups in total. The lowest BCUT2D eigenvalue weighted by Gasteiger charge is -2.21. The lowest BCUT2D eigenvalue weighted by molar-refractivity contribution is -0.146. The molecule has 0 spiro atoms. The van der Waals surface area contributed by atoms with E-state index in [0.29, 0.717) is 25.5 Å². The van der Waals surface area contributed by atoms with E-state index in [1.54, 1.807) is 6.33 Å². The molecular formula is C11H15N3O2. The Labute approximate surface area is 93.6 Å². The van der Waals surface area contributed by atoms with Crippen molar-refractivity contribution in [1.29, 1.82) is 0 Å². The minimum absolute atomic E-state index is 0.138. The van der Waals surface area contributed by atoms with E-state index in [0.717, 1.165) is 11.4 Å². The first-order chi connectivity index (χ1) is 7.83. The van der Waals surface area contributed by atoms with Gasteiger partial charge in [0.25, 0.3) is 0 Å². The highest BCUT2D eigenvalue weighted by molar-refractivity contribution is 5.76. The van der Waals surface area contributed by atoms with Crippen molar-refractivity contribution < 1.29 is 9.53 Å². The molecule has 0 saturated heterocycles. The van der Waals surface area contributed by atoms with Crippen LogP contribution in [-0.2, 0) is 22.5 Å². The van der Waals surface area contributed by atoms with Gasteiger partial charge in [-0.2, -0.15) is 0 Å². The molecule has 5 nitrogen and oxygen atoms in total. The molecule has 1 aromatic heterocycles. The smallest absolute Gasteiger partial charge is 0.323 e. The molecule has 1 unspecified atom stereocenters. The summed E-state index contributed by atoms with van der Waals surface area (Å²) >= 11 is 0. The number of nitrogens with zero attached hydrogens (tertiary/aromatic N) is 1. The fraction of sp³-hybridized carbons (Fsp3) is 0.636. The zero-order valence-corrected chi connectivity index (χ0v) is 9.03. The van der Waals surface area contributed by atoms with Crippen LogP contribution in [0.5, 0.6) is 0 Å². The monoisotopic (exact) mass is 221 g/mol. The van der Waals surface area contributed by atoms with Crippen LogP contribution in [0.15, 0.2) is 6.33 Å². The van der Waals surface area contributed by atoms with Gasteiger partial charge in [0.2, 0.25) is 0 Å². The first-order valence-corrected chi connectivity index (χ1v) is 5.74. The number of esters is 1. The number of aromatic amines is 1. The predicted octanol–water partition coefficient (Wildman–Crippen LogP) is 0.377. The average molecular weight is 221 g/mol. The maximum Gasteiger partial charge on any atom is 0.323 e. The van der Waals surface area contributed by atoms with Gasteiger partial charge >= 0.3 is 5.97 Å². The molecule has 0 amide bonds. The second kappa shape index (κ2) is 3.90. The standard InChI is InChI=1S/C11H15N3O2/c15-11(16-5-7-1-2-7)9-3-8-10(4-12-9)14-6-13-8/h6-7,9,12H,1-5H2,(H,13,14). The molecule has 0 aromatic carbocycles. The van der Waals surface area contributed by atoms with Crippen LogP contribution in [0.4, 0.5) is 0 Å². The van der Waals surface area contributed by atoms with E-state index in [1.165, 1.54) is 12.8 Å². The number of imidazole rings is 1. The number of hydrogen-bond acceptors (Lipinski definition) is 4. The number of nitrogens with one attached hydrogen (secondary N) is 2. The minimum atomic E-state index is -0.227. The zero-order valence-electron chi connectivity index (χ0n) is 9.03. The van der Waals surface area contributed by atoms with Crippen LogP contribution in [0.2, 0.25) is 0 Å². The second-order valence-electron chi connectivity index (χ2n) is 4.54. The maximum absolute atomic E-state index is 11.7. The third-order valence-electron chi connectivity index (χ3n) is 3.17. The van der Waals surface area contributed by atoms with E-state index >= 15 is 0 Å². The van der Waals surface area contributed by atoms with Crippen LogP contribution >= 0.6 is 0 Å². The van der Waals surface area contributed by atoms with E-state index < -0.39 is 0 Å². The van der Waals surface area contributed by atoms with Gasteiger partial charge in [-0.1, -0.05) is 0 Å². The number of H-pyrrole nitrogens is 1. The van der Waals surface area contributed by atoms with Gasteiger partial charge in [0, 0.05) is 13.0 Å². The lowest BCUT2D eigenvalue weighted by Crippen LogP contribution is -2.43. The summed E-state index contributed by atoms with van der Waals surface area (Å²) in [5, 5.41) is 3.16. The molecule has 1 saturated carbocycles. The van der Waals surface area contributed by atoms with Crippen molar-refractivity contribution in [2.45, 2.75) is 31.8 Å². The van der Waals surface area contributed by atoms with Crippen molar-refractivity contribution in [3.8, 4) is 0 Å². The van der Waals surface area contributed by atoms with Crippen molar-refractivity contribution in [1.82, 2.24) is 15.3 Å². The number of carbonyl (C=O) groups excluding carboxylic acids is 1. The van der Waals surface area contributed by atoms with Crippen molar-refractivity contribution in [3.63, 3.8) is 0 Å². The molecular weight excluding hydrogens is 206 g/mol. The van der Waals surface area contributed by atoms with Crippen molar-refractivity contribution in [2.24, 2.45) is 5.92 Å². The van der Waals surface area contributed by atoms with Gasteiger partial charge in [-0.25, -0.2) is 4.98 Å². The molecule has 0 radical (unpaired) electrons. The zero-order chi connectivity index (χ0) is 11.0. The molecule has 2 heterocycles. The first-order valence-electron chi connectivity index (χ1n) is 5.74. The van der Waals surface area contributed by atoms with Crippen molar-refractivity contribution in [2.75, 3.05) is 6.61 Å². The van der Waals surface area contributed by atoms with E-state index in [4.69, 9.17) is 4.74 Å². The van der Waals surface area contributed by atoms with Crippen LogP contribution in [0, 0.1) is 5.92 Å².